The monoisotopic (exact) mass is 1140 g/mol. The summed E-state index contributed by atoms with van der Waals surface area (Å²) in [5.74, 6) is 4.98. The van der Waals surface area contributed by atoms with Crippen molar-refractivity contribution < 1.29 is 26.4 Å². The van der Waals surface area contributed by atoms with Gasteiger partial charge in [-0.05, 0) is 157 Å². The molecule has 0 spiro atoms. The van der Waals surface area contributed by atoms with Gasteiger partial charge in [-0.3, -0.25) is 14.7 Å². The van der Waals surface area contributed by atoms with E-state index in [2.05, 4.69) is 79.8 Å². The van der Waals surface area contributed by atoms with Crippen LogP contribution in [0.25, 0.3) is 11.1 Å². The summed E-state index contributed by atoms with van der Waals surface area (Å²) >= 11 is 7.74. The Kier molecular flexibility index (Phi) is 19.2. The molecule has 2 heterocycles. The third kappa shape index (κ3) is 14.7. The van der Waals surface area contributed by atoms with Gasteiger partial charge in [0.1, 0.15) is 5.84 Å². The highest BCUT2D eigenvalue weighted by molar-refractivity contribution is 7.99. The summed E-state index contributed by atoms with van der Waals surface area (Å²) in [4.78, 5) is 26.8. The molecule has 2 aliphatic heterocycles. The largest absolute Gasteiger partial charge is 0.418 e. The van der Waals surface area contributed by atoms with Crippen LogP contribution in [0.15, 0.2) is 136 Å². The molecule has 0 bridgehead atoms. The van der Waals surface area contributed by atoms with Gasteiger partial charge in [-0.1, -0.05) is 121 Å². The maximum Gasteiger partial charge on any atom is 0.418 e. The topological polar surface area (TPSA) is 97.3 Å². The Balaban J connectivity index is 0.880. The molecule has 1 amide bonds. The molecular weight excluding hydrogens is 1060 g/mol. The fourth-order valence-corrected chi connectivity index (χ4v) is 15.2. The van der Waals surface area contributed by atoms with E-state index in [9.17, 15) is 13.2 Å². The van der Waals surface area contributed by atoms with E-state index in [0.29, 0.717) is 77.2 Å². The smallest absolute Gasteiger partial charge is 0.381 e. The summed E-state index contributed by atoms with van der Waals surface area (Å²) in [6, 6.07) is 35.5. The third-order valence-electron chi connectivity index (χ3n) is 17.5. The number of piperazine rings is 1. The minimum atomic E-state index is -4.91. The van der Waals surface area contributed by atoms with E-state index in [4.69, 9.17) is 16.6 Å². The van der Waals surface area contributed by atoms with Gasteiger partial charge in [-0.2, -0.15) is 13.2 Å². The highest BCUT2D eigenvalue weighted by Gasteiger charge is 2.44. The number of nitrogens with zero attached hydrogens (tertiary/aromatic N) is 4. The third-order valence-corrected chi connectivity index (χ3v) is 20.3. The number of alkyl halides is 3. The quantitative estimate of drug-likeness (QED) is 0.0790. The van der Waals surface area contributed by atoms with E-state index in [1.165, 1.54) is 48.7 Å². The Morgan fingerprint density at radius 3 is 2.13 bits per heavy atom. The minimum Gasteiger partial charge on any atom is -0.381 e. The van der Waals surface area contributed by atoms with Crippen molar-refractivity contribution in [3.63, 3.8) is 0 Å². The van der Waals surface area contributed by atoms with Gasteiger partial charge in [0.15, 0.2) is 0 Å². The van der Waals surface area contributed by atoms with Gasteiger partial charge in [0.05, 0.1) is 16.5 Å². The van der Waals surface area contributed by atoms with Gasteiger partial charge in [-0.15, -0.1) is 11.8 Å². The van der Waals surface area contributed by atoms with E-state index in [1.807, 2.05) is 65.4 Å². The van der Waals surface area contributed by atoms with Crippen molar-refractivity contribution in [1.82, 2.24) is 14.5 Å². The van der Waals surface area contributed by atoms with Crippen LogP contribution in [-0.2, 0) is 22.7 Å². The van der Waals surface area contributed by atoms with Crippen molar-refractivity contribution in [2.24, 2.45) is 52.3 Å². The number of thioether (sulfide) groups is 1. The number of hydrogen-bond acceptors (Lipinski definition) is 9. The fraction of sp³-hybridized carbons (Fsp3) is 0.500. The average Bonchev–Trinajstić information content (AvgIpc) is 3.88. The Morgan fingerprint density at radius 2 is 1.44 bits per heavy atom. The first-order valence-corrected chi connectivity index (χ1v) is 31.6. The van der Waals surface area contributed by atoms with Gasteiger partial charge >= 0.3 is 6.18 Å². The van der Waals surface area contributed by atoms with Crippen LogP contribution in [0.3, 0.4) is 0 Å². The Morgan fingerprint density at radius 1 is 0.785 bits per heavy atom. The molecule has 9 rings (SSSR count). The molecule has 8 atom stereocenters. The SMILES string of the molecule is CC1CCC(C(C)C)C(C2=NC(C3CC(C)CCC3C(C)C)CN2CC[C@H](CSc2ccccc2)Nc2ccc(S(=O)(=O)NC(=O)c3ccc(N4CCN(Cc5ccccc5-c5ccc(Cl)cc5)CC4)cc3)cc2C(F)(F)F)C1. The molecule has 0 aromatic heterocycles. The van der Waals surface area contributed by atoms with E-state index >= 15 is 13.2 Å². The van der Waals surface area contributed by atoms with Crippen LogP contribution in [0.4, 0.5) is 24.5 Å². The van der Waals surface area contributed by atoms with Crippen LogP contribution in [0.5, 0.6) is 0 Å². The van der Waals surface area contributed by atoms with Crippen molar-refractivity contribution in [3.05, 3.63) is 143 Å². The molecule has 0 radical (unpaired) electrons. The first-order chi connectivity index (χ1) is 37.8. The van der Waals surface area contributed by atoms with Crippen LogP contribution >= 0.6 is 23.4 Å². The molecule has 2 N–H and O–H groups in total. The lowest BCUT2D eigenvalue weighted by molar-refractivity contribution is -0.137. The van der Waals surface area contributed by atoms with Crippen LogP contribution < -0.4 is 14.9 Å². The van der Waals surface area contributed by atoms with E-state index < -0.39 is 38.6 Å². The maximum atomic E-state index is 15.2. The number of carbonyl (C=O) groups excluding carboxylic acids is 1. The summed E-state index contributed by atoms with van der Waals surface area (Å²) in [6.45, 7) is 19.4. The Labute approximate surface area is 477 Å². The molecule has 3 fully saturated rings. The molecule has 9 nitrogen and oxygen atoms in total. The molecule has 79 heavy (non-hydrogen) atoms. The van der Waals surface area contributed by atoms with Crippen LogP contribution in [-0.4, -0.2) is 87.1 Å². The Hall–Kier alpha value is -5.02. The summed E-state index contributed by atoms with van der Waals surface area (Å²) in [7, 11) is -4.72. The van der Waals surface area contributed by atoms with Crippen molar-refractivity contribution in [2.75, 3.05) is 55.2 Å². The molecular formula is C64H80ClF3N6O3S2. The van der Waals surface area contributed by atoms with Crippen LogP contribution in [0.1, 0.15) is 108 Å². The minimum absolute atomic E-state index is 0.0705. The number of rotatable bonds is 19. The van der Waals surface area contributed by atoms with E-state index in [1.54, 1.807) is 36.0 Å². The molecule has 5 aromatic rings. The number of benzene rings is 5. The molecule has 424 valence electrons. The number of anilines is 2. The summed E-state index contributed by atoms with van der Waals surface area (Å²) < 4.78 is 75.4. The number of halogens is 4. The molecule has 1 saturated heterocycles. The van der Waals surface area contributed by atoms with Crippen LogP contribution in [0.2, 0.25) is 5.02 Å². The number of sulfonamides is 1. The first-order valence-electron chi connectivity index (χ1n) is 28.8. The van der Waals surface area contributed by atoms with E-state index in [-0.39, 0.29) is 17.3 Å². The zero-order valence-electron chi connectivity index (χ0n) is 46.8. The molecule has 4 aliphatic rings. The predicted molar refractivity (Wildman–Crippen MR) is 319 cm³/mol. The lowest BCUT2D eigenvalue weighted by Crippen LogP contribution is -2.46. The molecule has 5 aromatic carbocycles. The normalized spacial score (nSPS) is 23.7. The molecule has 2 saturated carbocycles. The zero-order valence-corrected chi connectivity index (χ0v) is 49.2. The maximum absolute atomic E-state index is 15.2. The molecule has 15 heteroatoms. The molecule has 7 unspecified atom stereocenters. The second kappa shape index (κ2) is 25.8. The summed E-state index contributed by atoms with van der Waals surface area (Å²) in [6.07, 6.45) is 2.72. The second-order valence-electron chi connectivity index (χ2n) is 23.8. The number of carbonyl (C=O) groups is 1. The lowest BCUT2D eigenvalue weighted by atomic mass is 9.67. The Bertz CT molecular complexity index is 2970. The zero-order chi connectivity index (χ0) is 56.0. The molecule has 2 aliphatic carbocycles. The van der Waals surface area contributed by atoms with Gasteiger partial charge < -0.3 is 15.1 Å². The fourth-order valence-electron chi connectivity index (χ4n) is 13.1. The number of hydrogen-bond donors (Lipinski definition) is 2. The highest BCUT2D eigenvalue weighted by Crippen LogP contribution is 2.46. The second-order valence-corrected chi connectivity index (χ2v) is 27.0. The van der Waals surface area contributed by atoms with Gasteiger partial charge in [0.25, 0.3) is 15.9 Å². The predicted octanol–water partition coefficient (Wildman–Crippen LogP) is 14.9. The standard InChI is InChI=1S/C64H80ClF3N6O3S2/c1-42(2)54-27-16-44(5)36-57(54)61-40-74(62(70-61)58-37-45(6)17-28-55(58)43(3)4)31-30-50(41-78-52-13-8-7-9-14-52)69-60-29-26-53(38-59(60)64(66,67)68)79(76,77)71-63(75)47-20-24-51(25-21-47)73-34-32-72(33-35-73)39-48-12-10-11-15-56(48)46-18-22-49(65)23-19-46/h7-15,18-26,29,38,42-45,50,54-55,57-58,61,69H,16-17,27-28,30-37,39-41H2,1-6H3,(H,71,75)/t44?,45?,50-,54?,55?,57?,58?,61?/m1/s1. The number of aliphatic imine (C=N–C) groups is 1. The summed E-state index contributed by atoms with van der Waals surface area (Å²) in [5.41, 5.74) is 3.13. The highest BCUT2D eigenvalue weighted by atomic mass is 35.5. The van der Waals surface area contributed by atoms with Gasteiger partial charge in [0, 0.05) is 90.4 Å². The number of nitrogens with one attached hydrogen (secondary N) is 2. The van der Waals surface area contributed by atoms with Crippen molar-refractivity contribution in [1.29, 1.82) is 0 Å². The van der Waals surface area contributed by atoms with E-state index in [0.717, 1.165) is 74.3 Å². The van der Waals surface area contributed by atoms with Crippen molar-refractivity contribution >= 4 is 56.5 Å². The van der Waals surface area contributed by atoms with Crippen molar-refractivity contribution in [3.8, 4) is 11.1 Å². The lowest BCUT2D eigenvalue weighted by Gasteiger charge is -2.40. The van der Waals surface area contributed by atoms with Crippen molar-refractivity contribution in [2.45, 2.75) is 121 Å². The summed E-state index contributed by atoms with van der Waals surface area (Å²) in [5, 5.41) is 3.97. The first kappa shape index (κ1) is 58.6. The van der Waals surface area contributed by atoms with Crippen LogP contribution in [0, 0.1) is 47.3 Å². The number of amides is 1. The van der Waals surface area contributed by atoms with Gasteiger partial charge in [-0.25, -0.2) is 13.1 Å². The van der Waals surface area contributed by atoms with Gasteiger partial charge in [0.2, 0.25) is 0 Å². The number of amidine groups is 1. The average molecular weight is 1140 g/mol.